The third-order valence-electron chi connectivity index (χ3n) is 4.21. The van der Waals surface area contributed by atoms with Crippen molar-refractivity contribution >= 4 is 17.6 Å². The first-order valence-electron chi connectivity index (χ1n) is 8.51. The van der Waals surface area contributed by atoms with Crippen LogP contribution in [0.5, 0.6) is 11.5 Å². The first kappa shape index (κ1) is 19.5. The van der Waals surface area contributed by atoms with Gasteiger partial charge in [-0.1, -0.05) is 19.3 Å². The summed E-state index contributed by atoms with van der Waals surface area (Å²) in [6.45, 7) is 1.41. The Balaban J connectivity index is 1.94. The number of imide groups is 1. The average molecular weight is 365 g/mol. The number of nitro benzene ring substituents is 1. The molecule has 0 aromatic heterocycles. The van der Waals surface area contributed by atoms with E-state index in [0.29, 0.717) is 5.75 Å². The number of methoxy groups -OCH3 is 1. The Morgan fingerprint density at radius 1 is 1.27 bits per heavy atom. The van der Waals surface area contributed by atoms with E-state index in [-0.39, 0.29) is 17.5 Å². The van der Waals surface area contributed by atoms with Gasteiger partial charge in [0, 0.05) is 6.04 Å². The predicted molar refractivity (Wildman–Crippen MR) is 93.3 cm³/mol. The summed E-state index contributed by atoms with van der Waals surface area (Å²) in [7, 11) is 1.39. The minimum Gasteiger partial charge on any atom is -0.496 e. The fraction of sp³-hybridized carbons (Fsp3) is 0.529. The van der Waals surface area contributed by atoms with Crippen molar-refractivity contribution in [1.82, 2.24) is 10.6 Å². The SMILES string of the molecule is COc1ccc(O[C@@H](C)C(=O)NC(=O)NC2CCCCC2)c([N+](=O)[O-])c1. The van der Waals surface area contributed by atoms with Crippen molar-refractivity contribution in [3.63, 3.8) is 0 Å². The second kappa shape index (κ2) is 9.02. The number of amides is 3. The van der Waals surface area contributed by atoms with E-state index in [2.05, 4.69) is 10.6 Å². The minimum absolute atomic E-state index is 0.0652. The van der Waals surface area contributed by atoms with Crippen molar-refractivity contribution in [2.75, 3.05) is 7.11 Å². The van der Waals surface area contributed by atoms with Gasteiger partial charge < -0.3 is 14.8 Å². The van der Waals surface area contributed by atoms with Crippen LogP contribution in [0.15, 0.2) is 18.2 Å². The number of hydrogen-bond donors (Lipinski definition) is 2. The maximum Gasteiger partial charge on any atom is 0.321 e. The summed E-state index contributed by atoms with van der Waals surface area (Å²) in [5.41, 5.74) is -0.323. The molecule has 142 valence electrons. The molecule has 0 heterocycles. The monoisotopic (exact) mass is 365 g/mol. The molecule has 1 aromatic carbocycles. The normalized spacial score (nSPS) is 15.6. The van der Waals surface area contributed by atoms with Gasteiger partial charge in [0.1, 0.15) is 5.75 Å². The summed E-state index contributed by atoms with van der Waals surface area (Å²) < 4.78 is 10.3. The summed E-state index contributed by atoms with van der Waals surface area (Å²) in [5, 5.41) is 16.1. The lowest BCUT2D eigenvalue weighted by atomic mass is 9.96. The van der Waals surface area contributed by atoms with Crippen LogP contribution in [0.1, 0.15) is 39.0 Å². The van der Waals surface area contributed by atoms with E-state index in [4.69, 9.17) is 9.47 Å². The number of urea groups is 1. The molecule has 3 amide bonds. The molecule has 0 bridgehead atoms. The van der Waals surface area contributed by atoms with E-state index in [9.17, 15) is 19.7 Å². The Labute approximate surface area is 151 Å². The van der Waals surface area contributed by atoms with Gasteiger partial charge in [-0.3, -0.25) is 20.2 Å². The Kier molecular flexibility index (Phi) is 6.76. The second-order valence-electron chi connectivity index (χ2n) is 6.15. The zero-order valence-corrected chi connectivity index (χ0v) is 14.8. The van der Waals surface area contributed by atoms with Gasteiger partial charge in [-0.2, -0.15) is 0 Å². The summed E-state index contributed by atoms with van der Waals surface area (Å²) in [4.78, 5) is 34.5. The zero-order valence-electron chi connectivity index (χ0n) is 14.8. The summed E-state index contributed by atoms with van der Waals surface area (Å²) >= 11 is 0. The zero-order chi connectivity index (χ0) is 19.1. The number of rotatable bonds is 6. The lowest BCUT2D eigenvalue weighted by Crippen LogP contribution is -2.48. The molecule has 2 N–H and O–H groups in total. The first-order chi connectivity index (χ1) is 12.4. The Hall–Kier alpha value is -2.84. The molecule has 1 fully saturated rings. The number of nitrogens with zero attached hydrogens (tertiary/aromatic N) is 1. The third-order valence-corrected chi connectivity index (χ3v) is 4.21. The van der Waals surface area contributed by atoms with Crippen LogP contribution in [0.25, 0.3) is 0 Å². The van der Waals surface area contributed by atoms with Gasteiger partial charge in [-0.15, -0.1) is 0 Å². The molecule has 1 aliphatic carbocycles. The van der Waals surface area contributed by atoms with Crippen LogP contribution in [0, 0.1) is 10.1 Å². The average Bonchev–Trinajstić information content (AvgIpc) is 2.62. The van der Waals surface area contributed by atoms with E-state index in [1.807, 2.05) is 0 Å². The van der Waals surface area contributed by atoms with Gasteiger partial charge in [-0.05, 0) is 31.9 Å². The molecule has 9 heteroatoms. The smallest absolute Gasteiger partial charge is 0.321 e. The minimum atomic E-state index is -1.08. The number of nitrogens with one attached hydrogen (secondary N) is 2. The van der Waals surface area contributed by atoms with Gasteiger partial charge in [-0.25, -0.2) is 4.79 Å². The quantitative estimate of drug-likeness (QED) is 0.590. The van der Waals surface area contributed by atoms with Gasteiger partial charge >= 0.3 is 11.7 Å². The number of hydrogen-bond acceptors (Lipinski definition) is 6. The maximum absolute atomic E-state index is 12.1. The molecular formula is C17H23N3O6. The van der Waals surface area contributed by atoms with Crippen LogP contribution < -0.4 is 20.1 Å². The molecule has 0 unspecified atom stereocenters. The van der Waals surface area contributed by atoms with Gasteiger partial charge in [0.15, 0.2) is 11.9 Å². The van der Waals surface area contributed by atoms with Crippen LogP contribution >= 0.6 is 0 Å². The van der Waals surface area contributed by atoms with E-state index >= 15 is 0 Å². The van der Waals surface area contributed by atoms with Crippen LogP contribution in [0.4, 0.5) is 10.5 Å². The second-order valence-corrected chi connectivity index (χ2v) is 6.15. The number of ether oxygens (including phenoxy) is 2. The van der Waals surface area contributed by atoms with Crippen LogP contribution in [0.3, 0.4) is 0 Å². The molecule has 1 aromatic rings. The highest BCUT2D eigenvalue weighted by atomic mass is 16.6. The third kappa shape index (κ3) is 5.33. The van der Waals surface area contributed by atoms with E-state index in [1.54, 1.807) is 0 Å². The molecule has 26 heavy (non-hydrogen) atoms. The van der Waals surface area contributed by atoms with Gasteiger partial charge in [0.25, 0.3) is 5.91 Å². The fourth-order valence-corrected chi connectivity index (χ4v) is 2.79. The first-order valence-corrected chi connectivity index (χ1v) is 8.51. The molecule has 0 spiro atoms. The molecular weight excluding hydrogens is 342 g/mol. The van der Waals surface area contributed by atoms with Crippen LogP contribution in [-0.4, -0.2) is 36.1 Å². The molecule has 1 saturated carbocycles. The Morgan fingerprint density at radius 2 is 1.96 bits per heavy atom. The van der Waals surface area contributed by atoms with Crippen LogP contribution in [-0.2, 0) is 4.79 Å². The fourth-order valence-electron chi connectivity index (χ4n) is 2.79. The maximum atomic E-state index is 12.1. The Morgan fingerprint density at radius 3 is 2.58 bits per heavy atom. The van der Waals surface area contributed by atoms with Crippen molar-refractivity contribution in [3.8, 4) is 11.5 Å². The topological polar surface area (TPSA) is 120 Å². The van der Waals surface area contributed by atoms with E-state index < -0.39 is 23.0 Å². The number of carbonyl (C=O) groups is 2. The lowest BCUT2D eigenvalue weighted by Gasteiger charge is -2.23. The highest BCUT2D eigenvalue weighted by Gasteiger charge is 2.24. The van der Waals surface area contributed by atoms with Gasteiger partial charge in [0.2, 0.25) is 0 Å². The van der Waals surface area contributed by atoms with Gasteiger partial charge in [0.05, 0.1) is 18.1 Å². The molecule has 0 radical (unpaired) electrons. The van der Waals surface area contributed by atoms with E-state index in [0.717, 1.165) is 32.1 Å². The number of nitro groups is 1. The highest BCUT2D eigenvalue weighted by Crippen LogP contribution is 2.31. The molecule has 9 nitrogen and oxygen atoms in total. The van der Waals surface area contributed by atoms with Crippen molar-refractivity contribution in [1.29, 1.82) is 0 Å². The van der Waals surface area contributed by atoms with Crippen molar-refractivity contribution in [3.05, 3.63) is 28.3 Å². The van der Waals surface area contributed by atoms with Crippen molar-refractivity contribution in [2.45, 2.75) is 51.2 Å². The summed E-state index contributed by atoms with van der Waals surface area (Å²) in [6.07, 6.45) is 3.97. The standard InChI is InChI=1S/C17H23N3O6/c1-11(16(21)19-17(22)18-12-6-4-3-5-7-12)26-15-9-8-13(25-2)10-14(15)20(23)24/h8-12H,3-7H2,1-2H3,(H2,18,19,21,22)/t11-/m0/s1. The lowest BCUT2D eigenvalue weighted by molar-refractivity contribution is -0.386. The molecule has 0 saturated heterocycles. The molecule has 1 atom stereocenters. The largest absolute Gasteiger partial charge is 0.496 e. The predicted octanol–water partition coefficient (Wildman–Crippen LogP) is 2.53. The van der Waals surface area contributed by atoms with Crippen molar-refractivity contribution in [2.24, 2.45) is 0 Å². The van der Waals surface area contributed by atoms with Crippen molar-refractivity contribution < 1.29 is 24.0 Å². The number of benzene rings is 1. The summed E-state index contributed by atoms with van der Waals surface area (Å²) in [5.74, 6) is -0.456. The Bertz CT molecular complexity index is 672. The summed E-state index contributed by atoms with van der Waals surface area (Å²) in [6, 6.07) is 3.53. The number of carbonyl (C=O) groups excluding carboxylic acids is 2. The molecule has 0 aliphatic heterocycles. The van der Waals surface area contributed by atoms with Crippen LogP contribution in [0.2, 0.25) is 0 Å². The molecule has 1 aliphatic rings. The molecule has 2 rings (SSSR count). The van der Waals surface area contributed by atoms with E-state index in [1.165, 1.54) is 32.2 Å². The highest BCUT2D eigenvalue weighted by molar-refractivity contribution is 5.96.